The van der Waals surface area contributed by atoms with Crippen molar-refractivity contribution in [2.45, 2.75) is 0 Å². The molecule has 0 aliphatic heterocycles. The largest absolute Gasteiger partial charge is 0.481 e. The average Bonchev–Trinajstić information content (AvgIpc) is 2.54. The molecule has 0 fully saturated rings. The highest BCUT2D eigenvalue weighted by molar-refractivity contribution is 9.11. The van der Waals surface area contributed by atoms with Crippen LogP contribution in [0.25, 0.3) is 0 Å². The van der Waals surface area contributed by atoms with Crippen molar-refractivity contribution in [3.05, 3.63) is 65.5 Å². The zero-order valence-electron chi connectivity index (χ0n) is 12.4. The van der Waals surface area contributed by atoms with Crippen molar-refractivity contribution in [2.24, 2.45) is 5.10 Å². The number of hydrogen-bond acceptors (Lipinski definition) is 5. The van der Waals surface area contributed by atoms with E-state index < -0.39 is 10.8 Å². The van der Waals surface area contributed by atoms with Crippen LogP contribution in [-0.2, 0) is 4.79 Å². The number of rotatable bonds is 6. The molecule has 2 aromatic rings. The maximum atomic E-state index is 11.8. The second-order valence-corrected chi connectivity index (χ2v) is 7.25. The second kappa shape index (κ2) is 9.07. The van der Waals surface area contributed by atoms with E-state index in [1.165, 1.54) is 30.5 Å². The molecule has 0 unspecified atom stereocenters. The highest BCUT2D eigenvalue weighted by Crippen LogP contribution is 2.36. The molecule has 1 amide bonds. The van der Waals surface area contributed by atoms with Gasteiger partial charge in [-0.2, -0.15) is 5.10 Å². The molecule has 0 spiro atoms. The number of nitro groups is 1. The summed E-state index contributed by atoms with van der Waals surface area (Å²) in [5.41, 5.74) is 2.92. The number of nitro benzene ring substituents is 1. The summed E-state index contributed by atoms with van der Waals surface area (Å²) in [6, 6.07) is 9.36. The predicted molar refractivity (Wildman–Crippen MR) is 104 cm³/mol. The minimum absolute atomic E-state index is 0.0137. The van der Waals surface area contributed by atoms with Crippen LogP contribution in [0.5, 0.6) is 5.75 Å². The Hall–Kier alpha value is -1.78. The van der Waals surface area contributed by atoms with E-state index in [0.29, 0.717) is 20.3 Å². The van der Waals surface area contributed by atoms with Gasteiger partial charge in [0.15, 0.2) is 6.61 Å². The third-order valence-electron chi connectivity index (χ3n) is 2.82. The Balaban J connectivity index is 1.87. The molecule has 7 nitrogen and oxygen atoms in total. The molecule has 0 heterocycles. The van der Waals surface area contributed by atoms with Gasteiger partial charge < -0.3 is 4.74 Å². The average molecular weight is 536 g/mol. The molecule has 0 aliphatic rings. The summed E-state index contributed by atoms with van der Waals surface area (Å²) in [6.07, 6.45) is 1.38. The summed E-state index contributed by atoms with van der Waals surface area (Å²) in [4.78, 5) is 21.8. The van der Waals surface area contributed by atoms with Gasteiger partial charge in [-0.25, -0.2) is 5.43 Å². The molecular weight excluding hydrogens is 526 g/mol. The highest BCUT2D eigenvalue weighted by atomic mass is 79.9. The molecule has 0 aliphatic carbocycles. The Morgan fingerprint density at radius 3 is 2.36 bits per heavy atom. The zero-order valence-corrected chi connectivity index (χ0v) is 17.2. The predicted octanol–water partition coefficient (Wildman–Crippen LogP) is 4.41. The van der Waals surface area contributed by atoms with Crippen LogP contribution >= 0.6 is 47.8 Å². The summed E-state index contributed by atoms with van der Waals surface area (Å²) < 4.78 is 7.69. The van der Waals surface area contributed by atoms with Crippen molar-refractivity contribution in [3.8, 4) is 5.75 Å². The molecule has 1 N–H and O–H groups in total. The molecule has 0 radical (unpaired) electrons. The molecule has 0 bridgehead atoms. The Bertz CT molecular complexity index is 802. The molecule has 0 saturated heterocycles. The van der Waals surface area contributed by atoms with Gasteiger partial charge in [0.2, 0.25) is 0 Å². The lowest BCUT2D eigenvalue weighted by atomic mass is 10.2. The standard InChI is InChI=1S/C15H10Br3N3O4/c16-10-5-12(17)15(13(18)6-10)25-8-14(22)20-19-7-9-1-3-11(4-2-9)21(23)24/h1-7H,8H2,(H,20,22). The van der Waals surface area contributed by atoms with E-state index in [2.05, 4.69) is 58.3 Å². The first-order valence-corrected chi connectivity index (χ1v) is 9.08. The number of carbonyl (C=O) groups excluding carboxylic acids is 1. The van der Waals surface area contributed by atoms with Crippen molar-refractivity contribution in [2.75, 3.05) is 6.61 Å². The van der Waals surface area contributed by atoms with Gasteiger partial charge in [-0.15, -0.1) is 0 Å². The lowest BCUT2D eigenvalue weighted by molar-refractivity contribution is -0.384. The third kappa shape index (κ3) is 5.91. The molecule has 0 saturated carbocycles. The summed E-state index contributed by atoms with van der Waals surface area (Å²) >= 11 is 10.1. The second-order valence-electron chi connectivity index (χ2n) is 4.63. The van der Waals surface area contributed by atoms with Crippen molar-refractivity contribution in [3.63, 3.8) is 0 Å². The number of hydrazone groups is 1. The number of benzene rings is 2. The summed E-state index contributed by atoms with van der Waals surface area (Å²) in [5.74, 6) is 0.0533. The van der Waals surface area contributed by atoms with Crippen molar-refractivity contribution >= 4 is 65.6 Å². The number of non-ortho nitro benzene ring substituents is 1. The maximum absolute atomic E-state index is 11.8. The number of amides is 1. The van der Waals surface area contributed by atoms with Crippen LogP contribution in [0.2, 0.25) is 0 Å². The monoisotopic (exact) mass is 533 g/mol. The lowest BCUT2D eigenvalue weighted by Crippen LogP contribution is -2.24. The molecule has 0 atom stereocenters. The fraction of sp³-hybridized carbons (Fsp3) is 0.0667. The van der Waals surface area contributed by atoms with Crippen LogP contribution in [0.4, 0.5) is 5.69 Å². The molecule has 0 aromatic heterocycles. The normalized spacial score (nSPS) is 10.7. The molecule has 10 heteroatoms. The number of hydrogen-bond donors (Lipinski definition) is 1. The van der Waals surface area contributed by atoms with Crippen molar-refractivity contribution < 1.29 is 14.5 Å². The Morgan fingerprint density at radius 1 is 1.20 bits per heavy atom. The van der Waals surface area contributed by atoms with Gasteiger partial charge in [0.05, 0.1) is 20.1 Å². The number of halogens is 3. The SMILES string of the molecule is O=C(COc1c(Br)cc(Br)cc1Br)NN=Cc1ccc([N+](=O)[O-])cc1. The first kappa shape index (κ1) is 19.5. The highest BCUT2D eigenvalue weighted by Gasteiger charge is 2.10. The zero-order chi connectivity index (χ0) is 18.4. The van der Waals surface area contributed by atoms with Gasteiger partial charge in [0, 0.05) is 16.6 Å². The van der Waals surface area contributed by atoms with Crippen LogP contribution in [0.3, 0.4) is 0 Å². The van der Waals surface area contributed by atoms with Gasteiger partial charge in [0.1, 0.15) is 5.75 Å². The van der Waals surface area contributed by atoms with E-state index in [9.17, 15) is 14.9 Å². The van der Waals surface area contributed by atoms with E-state index >= 15 is 0 Å². The van der Waals surface area contributed by atoms with E-state index in [1.54, 1.807) is 12.1 Å². The number of ether oxygens (including phenoxy) is 1. The third-order valence-corrected chi connectivity index (χ3v) is 4.45. The van der Waals surface area contributed by atoms with E-state index in [0.717, 1.165) is 4.47 Å². The van der Waals surface area contributed by atoms with Crippen molar-refractivity contribution in [1.29, 1.82) is 0 Å². The summed E-state index contributed by atoms with van der Waals surface area (Å²) in [6.45, 7) is -0.226. The van der Waals surface area contributed by atoms with Crippen LogP contribution < -0.4 is 10.2 Å². The topological polar surface area (TPSA) is 93.8 Å². The van der Waals surface area contributed by atoms with Crippen LogP contribution in [0.15, 0.2) is 54.9 Å². The number of nitrogens with one attached hydrogen (secondary N) is 1. The fourth-order valence-corrected chi connectivity index (χ4v) is 4.19. The minimum Gasteiger partial charge on any atom is -0.481 e. The van der Waals surface area contributed by atoms with E-state index in [-0.39, 0.29) is 12.3 Å². The molecule has 2 aromatic carbocycles. The maximum Gasteiger partial charge on any atom is 0.277 e. The molecule has 2 rings (SSSR count). The van der Waals surface area contributed by atoms with Gasteiger partial charge in [0.25, 0.3) is 11.6 Å². The molecule has 25 heavy (non-hydrogen) atoms. The minimum atomic E-state index is -0.488. The fourth-order valence-electron chi connectivity index (χ4n) is 1.70. The first-order chi connectivity index (χ1) is 11.9. The summed E-state index contributed by atoms with van der Waals surface area (Å²) in [7, 11) is 0. The Kier molecular flexibility index (Phi) is 7.09. The van der Waals surface area contributed by atoms with E-state index in [1.807, 2.05) is 0 Å². The van der Waals surface area contributed by atoms with Gasteiger partial charge in [-0.3, -0.25) is 14.9 Å². The molecular formula is C15H10Br3N3O4. The van der Waals surface area contributed by atoms with Gasteiger partial charge in [-0.05, 0) is 61.7 Å². The first-order valence-electron chi connectivity index (χ1n) is 6.70. The Labute approximate surface area is 168 Å². The van der Waals surface area contributed by atoms with Crippen LogP contribution in [-0.4, -0.2) is 23.7 Å². The smallest absolute Gasteiger partial charge is 0.277 e. The van der Waals surface area contributed by atoms with Crippen LogP contribution in [0.1, 0.15) is 5.56 Å². The number of nitrogens with zero attached hydrogens (tertiary/aromatic N) is 2. The van der Waals surface area contributed by atoms with Gasteiger partial charge >= 0.3 is 0 Å². The van der Waals surface area contributed by atoms with Crippen LogP contribution in [0, 0.1) is 10.1 Å². The number of carbonyl (C=O) groups is 1. The quantitative estimate of drug-likeness (QED) is 0.337. The Morgan fingerprint density at radius 2 is 1.80 bits per heavy atom. The van der Waals surface area contributed by atoms with Gasteiger partial charge in [-0.1, -0.05) is 15.9 Å². The molecule has 130 valence electrons. The summed E-state index contributed by atoms with van der Waals surface area (Å²) in [5, 5.41) is 14.3. The lowest BCUT2D eigenvalue weighted by Gasteiger charge is -2.09. The van der Waals surface area contributed by atoms with Crippen molar-refractivity contribution in [1.82, 2.24) is 5.43 Å². The van der Waals surface area contributed by atoms with E-state index in [4.69, 9.17) is 4.74 Å².